The van der Waals surface area contributed by atoms with Crippen LogP contribution in [0.5, 0.6) is 0 Å². The monoisotopic (exact) mass is 320 g/mol. The lowest BCUT2D eigenvalue weighted by Crippen LogP contribution is -2.47. The number of nitrogens with two attached hydrogens (primary N) is 1. The van der Waals surface area contributed by atoms with Gasteiger partial charge in [0.1, 0.15) is 5.01 Å². The van der Waals surface area contributed by atoms with Crippen LogP contribution >= 0.6 is 11.3 Å². The summed E-state index contributed by atoms with van der Waals surface area (Å²) in [6.45, 7) is 3.99. The lowest BCUT2D eigenvalue weighted by Gasteiger charge is -2.14. The van der Waals surface area contributed by atoms with E-state index < -0.39 is 6.04 Å². The van der Waals surface area contributed by atoms with Crippen molar-refractivity contribution in [3.8, 4) is 0 Å². The summed E-state index contributed by atoms with van der Waals surface area (Å²) < 4.78 is 1.09. The van der Waals surface area contributed by atoms with E-state index in [1.807, 2.05) is 38.1 Å². The Morgan fingerprint density at radius 2 is 2.00 bits per heavy atom. The van der Waals surface area contributed by atoms with Crippen LogP contribution in [-0.2, 0) is 16.1 Å². The van der Waals surface area contributed by atoms with Crippen molar-refractivity contribution in [2.45, 2.75) is 26.4 Å². The Morgan fingerprint density at radius 1 is 1.27 bits per heavy atom. The second-order valence-electron chi connectivity index (χ2n) is 5.34. The normalized spacial score (nSPS) is 12.4. The van der Waals surface area contributed by atoms with Gasteiger partial charge in [0.15, 0.2) is 0 Å². The average Bonchev–Trinajstić information content (AvgIpc) is 2.92. The van der Waals surface area contributed by atoms with Gasteiger partial charge in [0.2, 0.25) is 11.8 Å². The third-order valence-corrected chi connectivity index (χ3v) is 4.26. The highest BCUT2D eigenvalue weighted by atomic mass is 32.1. The summed E-state index contributed by atoms with van der Waals surface area (Å²) in [4.78, 5) is 27.8. The third-order valence-electron chi connectivity index (χ3n) is 3.22. The second kappa shape index (κ2) is 7.33. The fraction of sp³-hybridized carbons (Fsp3) is 0.400. The number of hydrogen-bond donors (Lipinski definition) is 3. The molecule has 1 atom stereocenters. The maximum Gasteiger partial charge on any atom is 0.239 e. The highest BCUT2D eigenvalue weighted by Gasteiger charge is 2.17. The lowest BCUT2D eigenvalue weighted by atomic mass is 10.1. The molecular weight excluding hydrogens is 300 g/mol. The van der Waals surface area contributed by atoms with Gasteiger partial charge in [-0.1, -0.05) is 26.0 Å². The number of para-hydroxylation sites is 1. The summed E-state index contributed by atoms with van der Waals surface area (Å²) in [7, 11) is 0. The van der Waals surface area contributed by atoms with Crippen LogP contribution in [0.15, 0.2) is 24.3 Å². The smallest absolute Gasteiger partial charge is 0.239 e. The molecule has 118 valence electrons. The maximum absolute atomic E-state index is 11.7. The van der Waals surface area contributed by atoms with Crippen LogP contribution in [0.4, 0.5) is 0 Å². The number of fused-ring (bicyclic) bond motifs is 1. The number of hydrogen-bond acceptors (Lipinski definition) is 5. The molecule has 0 unspecified atom stereocenters. The average molecular weight is 320 g/mol. The number of nitrogens with one attached hydrogen (secondary N) is 2. The van der Waals surface area contributed by atoms with Gasteiger partial charge in [-0.3, -0.25) is 9.59 Å². The van der Waals surface area contributed by atoms with Gasteiger partial charge in [-0.15, -0.1) is 11.3 Å². The molecule has 2 aromatic rings. The molecular formula is C15H20N4O2S. The zero-order chi connectivity index (χ0) is 16.1. The van der Waals surface area contributed by atoms with Crippen molar-refractivity contribution in [2.75, 3.05) is 6.54 Å². The summed E-state index contributed by atoms with van der Waals surface area (Å²) in [5.41, 5.74) is 6.63. The van der Waals surface area contributed by atoms with E-state index in [2.05, 4.69) is 15.6 Å². The molecule has 0 saturated heterocycles. The molecule has 22 heavy (non-hydrogen) atoms. The van der Waals surface area contributed by atoms with Crippen LogP contribution in [0, 0.1) is 5.92 Å². The number of benzene rings is 1. The summed E-state index contributed by atoms with van der Waals surface area (Å²) in [6, 6.07) is 7.21. The Kier molecular flexibility index (Phi) is 5.46. The van der Waals surface area contributed by atoms with Gasteiger partial charge >= 0.3 is 0 Å². The van der Waals surface area contributed by atoms with Crippen molar-refractivity contribution >= 4 is 33.4 Å². The summed E-state index contributed by atoms with van der Waals surface area (Å²) >= 11 is 1.54. The molecule has 7 heteroatoms. The van der Waals surface area contributed by atoms with Crippen molar-refractivity contribution in [1.29, 1.82) is 0 Å². The number of carbonyl (C=O) groups is 2. The van der Waals surface area contributed by atoms with E-state index in [-0.39, 0.29) is 24.3 Å². The zero-order valence-electron chi connectivity index (χ0n) is 12.6. The highest BCUT2D eigenvalue weighted by molar-refractivity contribution is 7.18. The predicted octanol–water partition coefficient (Wildman–Crippen LogP) is 1.01. The standard InChI is InChI=1S/C15H20N4O2S/c1-9(2)14(16)15(21)18-7-12(20)17-8-13-19-10-5-3-4-6-11(10)22-13/h3-6,9,14H,7-8,16H2,1-2H3,(H,17,20)(H,18,21)/t14-/m0/s1. The highest BCUT2D eigenvalue weighted by Crippen LogP contribution is 2.21. The van der Waals surface area contributed by atoms with Gasteiger partial charge in [-0.2, -0.15) is 0 Å². The number of nitrogens with zero attached hydrogens (tertiary/aromatic N) is 1. The summed E-state index contributed by atoms with van der Waals surface area (Å²) in [5, 5.41) is 6.10. The minimum Gasteiger partial charge on any atom is -0.348 e. The van der Waals surface area contributed by atoms with Crippen molar-refractivity contribution in [3.05, 3.63) is 29.3 Å². The molecule has 2 amide bonds. The van der Waals surface area contributed by atoms with Crippen LogP contribution in [0.1, 0.15) is 18.9 Å². The first-order valence-corrected chi connectivity index (χ1v) is 7.93. The Bertz CT molecular complexity index is 635. The third kappa shape index (κ3) is 4.25. The zero-order valence-corrected chi connectivity index (χ0v) is 13.4. The summed E-state index contributed by atoms with van der Waals surface area (Å²) in [6.07, 6.45) is 0. The van der Waals surface area contributed by atoms with E-state index in [1.165, 1.54) is 11.3 Å². The Hall–Kier alpha value is -1.99. The molecule has 0 aliphatic rings. The fourth-order valence-electron chi connectivity index (χ4n) is 1.82. The fourth-order valence-corrected chi connectivity index (χ4v) is 2.73. The molecule has 0 radical (unpaired) electrons. The van der Waals surface area contributed by atoms with Crippen LogP contribution in [0.25, 0.3) is 10.2 Å². The van der Waals surface area contributed by atoms with Crippen molar-refractivity contribution in [1.82, 2.24) is 15.6 Å². The van der Waals surface area contributed by atoms with E-state index in [0.29, 0.717) is 6.54 Å². The largest absolute Gasteiger partial charge is 0.348 e. The molecule has 0 saturated carbocycles. The van der Waals surface area contributed by atoms with E-state index in [1.54, 1.807) is 0 Å². The first-order valence-electron chi connectivity index (χ1n) is 7.12. The van der Waals surface area contributed by atoms with Crippen LogP contribution in [-0.4, -0.2) is 29.4 Å². The van der Waals surface area contributed by atoms with E-state index >= 15 is 0 Å². The molecule has 0 aliphatic carbocycles. The second-order valence-corrected chi connectivity index (χ2v) is 6.45. The lowest BCUT2D eigenvalue weighted by molar-refractivity contribution is -0.127. The van der Waals surface area contributed by atoms with Gasteiger partial charge in [0.25, 0.3) is 0 Å². The number of rotatable bonds is 6. The molecule has 2 rings (SSSR count). The van der Waals surface area contributed by atoms with Gasteiger partial charge < -0.3 is 16.4 Å². The Morgan fingerprint density at radius 3 is 2.68 bits per heavy atom. The van der Waals surface area contributed by atoms with Crippen LogP contribution in [0.2, 0.25) is 0 Å². The first kappa shape index (κ1) is 16.4. The van der Waals surface area contributed by atoms with Crippen molar-refractivity contribution in [3.63, 3.8) is 0 Å². The van der Waals surface area contributed by atoms with Crippen molar-refractivity contribution < 1.29 is 9.59 Å². The van der Waals surface area contributed by atoms with Crippen LogP contribution < -0.4 is 16.4 Å². The van der Waals surface area contributed by atoms with Crippen LogP contribution in [0.3, 0.4) is 0 Å². The summed E-state index contributed by atoms with van der Waals surface area (Å²) in [5.74, 6) is -0.542. The van der Waals surface area contributed by atoms with E-state index in [4.69, 9.17) is 5.73 Å². The quantitative estimate of drug-likeness (QED) is 0.740. The van der Waals surface area contributed by atoms with Gasteiger partial charge in [0.05, 0.1) is 29.3 Å². The Labute approximate surface area is 133 Å². The topological polar surface area (TPSA) is 97.1 Å². The minimum atomic E-state index is -0.600. The van der Waals surface area contributed by atoms with Gasteiger partial charge in [0, 0.05) is 0 Å². The number of thiazole rings is 1. The number of carbonyl (C=O) groups excluding carboxylic acids is 2. The predicted molar refractivity (Wildman–Crippen MR) is 87.3 cm³/mol. The SMILES string of the molecule is CC(C)[C@H](N)C(=O)NCC(=O)NCc1nc2ccccc2s1. The maximum atomic E-state index is 11.7. The van der Waals surface area contributed by atoms with Gasteiger partial charge in [-0.25, -0.2) is 4.98 Å². The number of amides is 2. The molecule has 1 aromatic carbocycles. The molecule has 0 bridgehead atoms. The molecule has 1 aromatic heterocycles. The van der Waals surface area contributed by atoms with E-state index in [0.717, 1.165) is 15.2 Å². The molecule has 6 nitrogen and oxygen atoms in total. The van der Waals surface area contributed by atoms with E-state index in [9.17, 15) is 9.59 Å². The molecule has 0 spiro atoms. The molecule has 0 fully saturated rings. The minimum absolute atomic E-state index is 0.0332. The molecule has 1 heterocycles. The number of aromatic nitrogens is 1. The molecule has 4 N–H and O–H groups in total. The molecule has 0 aliphatic heterocycles. The first-order chi connectivity index (χ1) is 10.5. The van der Waals surface area contributed by atoms with Crippen molar-refractivity contribution in [2.24, 2.45) is 11.7 Å². The van der Waals surface area contributed by atoms with Gasteiger partial charge in [-0.05, 0) is 18.1 Å². The Balaban J connectivity index is 1.79.